The summed E-state index contributed by atoms with van der Waals surface area (Å²) in [5.74, 6) is 1.26. The van der Waals surface area contributed by atoms with Gasteiger partial charge in [0.05, 0.1) is 16.4 Å². The van der Waals surface area contributed by atoms with E-state index in [1.165, 1.54) is 0 Å². The molecule has 1 N–H and O–H groups in total. The summed E-state index contributed by atoms with van der Waals surface area (Å²) in [6.07, 6.45) is 4.49. The Kier molecular flexibility index (Phi) is 3.14. The molecule has 4 heteroatoms. The van der Waals surface area contributed by atoms with Gasteiger partial charge in [-0.3, -0.25) is 4.68 Å². The van der Waals surface area contributed by atoms with Crippen LogP contribution in [0.1, 0.15) is 38.8 Å². The van der Waals surface area contributed by atoms with Crippen LogP contribution in [0.2, 0.25) is 0 Å². The molecular weight excluding hydrogens is 268 g/mol. The Hall–Kier alpha value is -0.350. The quantitative estimate of drug-likeness (QED) is 0.862. The Morgan fingerprint density at radius 3 is 2.69 bits per heavy atom. The molecule has 3 unspecified atom stereocenters. The van der Waals surface area contributed by atoms with Crippen LogP contribution in [0.15, 0.2) is 10.7 Å². The maximum Gasteiger partial charge on any atom is 0.108 e. The number of hydrogen-bond acceptors (Lipinski definition) is 2. The number of nitrogens with zero attached hydrogens (tertiary/aromatic N) is 2. The van der Waals surface area contributed by atoms with Crippen molar-refractivity contribution in [3.05, 3.63) is 16.4 Å². The second-order valence-corrected chi connectivity index (χ2v) is 6.05. The van der Waals surface area contributed by atoms with Crippen LogP contribution in [0.5, 0.6) is 0 Å². The molecule has 1 aliphatic rings. The Balaban J connectivity index is 2.33. The van der Waals surface area contributed by atoms with Gasteiger partial charge in [0.1, 0.15) is 5.60 Å². The SMILES string of the molecule is CC1CCC(O)(c2c(Br)cnn2C)CC1C. The zero-order valence-electron chi connectivity index (χ0n) is 10.1. The van der Waals surface area contributed by atoms with E-state index in [1.807, 2.05) is 7.05 Å². The van der Waals surface area contributed by atoms with Gasteiger partial charge in [-0.2, -0.15) is 5.10 Å². The van der Waals surface area contributed by atoms with Gasteiger partial charge in [-0.05, 0) is 47.0 Å². The summed E-state index contributed by atoms with van der Waals surface area (Å²) < 4.78 is 2.70. The summed E-state index contributed by atoms with van der Waals surface area (Å²) in [4.78, 5) is 0. The molecule has 3 nitrogen and oxygen atoms in total. The van der Waals surface area contributed by atoms with E-state index in [9.17, 15) is 5.11 Å². The lowest BCUT2D eigenvalue weighted by atomic mass is 9.72. The first-order valence-corrected chi connectivity index (χ1v) is 6.63. The molecule has 1 aromatic heterocycles. The standard InChI is InChI=1S/C12H19BrN2O/c1-8-4-5-12(16,6-9(8)2)11-10(13)7-14-15(11)3/h7-9,16H,4-6H2,1-3H3. The third-order valence-corrected chi connectivity index (χ3v) is 4.56. The lowest BCUT2D eigenvalue weighted by Crippen LogP contribution is -2.37. The van der Waals surface area contributed by atoms with Gasteiger partial charge in [-0.15, -0.1) is 0 Å². The number of aryl methyl sites for hydroxylation is 1. The predicted molar refractivity (Wildman–Crippen MR) is 67.0 cm³/mol. The summed E-state index contributed by atoms with van der Waals surface area (Å²) >= 11 is 3.48. The smallest absolute Gasteiger partial charge is 0.108 e. The normalized spacial score (nSPS) is 35.3. The molecule has 1 fully saturated rings. The Labute approximate surface area is 105 Å². The molecule has 16 heavy (non-hydrogen) atoms. The van der Waals surface area contributed by atoms with E-state index < -0.39 is 5.60 Å². The van der Waals surface area contributed by atoms with E-state index >= 15 is 0 Å². The zero-order valence-corrected chi connectivity index (χ0v) is 11.7. The van der Waals surface area contributed by atoms with Crippen LogP contribution in [0.25, 0.3) is 0 Å². The third kappa shape index (κ3) is 1.93. The van der Waals surface area contributed by atoms with Crippen LogP contribution >= 0.6 is 15.9 Å². The molecular formula is C12H19BrN2O. The highest BCUT2D eigenvalue weighted by Gasteiger charge is 2.40. The molecule has 0 aromatic carbocycles. The molecule has 0 radical (unpaired) electrons. The average molecular weight is 287 g/mol. The van der Waals surface area contributed by atoms with Gasteiger partial charge in [-0.25, -0.2) is 0 Å². The molecule has 0 saturated heterocycles. The fraction of sp³-hybridized carbons (Fsp3) is 0.750. The van der Waals surface area contributed by atoms with E-state index in [1.54, 1.807) is 10.9 Å². The highest BCUT2D eigenvalue weighted by atomic mass is 79.9. The van der Waals surface area contributed by atoms with Crippen LogP contribution in [-0.2, 0) is 12.6 Å². The molecule has 2 rings (SSSR count). The van der Waals surface area contributed by atoms with Crippen molar-refractivity contribution >= 4 is 15.9 Å². The minimum Gasteiger partial charge on any atom is -0.384 e. The predicted octanol–water partition coefficient (Wildman–Crippen LogP) is 2.83. The van der Waals surface area contributed by atoms with Crippen LogP contribution in [-0.4, -0.2) is 14.9 Å². The van der Waals surface area contributed by atoms with Gasteiger partial charge in [0.15, 0.2) is 0 Å². The number of rotatable bonds is 1. The van der Waals surface area contributed by atoms with E-state index in [4.69, 9.17) is 0 Å². The van der Waals surface area contributed by atoms with Gasteiger partial charge < -0.3 is 5.11 Å². The maximum absolute atomic E-state index is 10.8. The summed E-state index contributed by atoms with van der Waals surface area (Å²) in [5, 5.41) is 15.0. The molecule has 0 amide bonds. The van der Waals surface area contributed by atoms with E-state index in [0.717, 1.165) is 29.4 Å². The minimum atomic E-state index is -0.712. The monoisotopic (exact) mass is 286 g/mol. The van der Waals surface area contributed by atoms with Gasteiger partial charge in [0, 0.05) is 7.05 Å². The first-order chi connectivity index (χ1) is 7.44. The lowest BCUT2D eigenvalue weighted by molar-refractivity contribution is -0.0403. The van der Waals surface area contributed by atoms with E-state index in [0.29, 0.717) is 11.8 Å². The number of hydrogen-bond donors (Lipinski definition) is 1. The largest absolute Gasteiger partial charge is 0.384 e. The van der Waals surface area contributed by atoms with E-state index in [2.05, 4.69) is 34.9 Å². The molecule has 1 heterocycles. The van der Waals surface area contributed by atoms with Crippen molar-refractivity contribution in [1.29, 1.82) is 0 Å². The number of halogens is 1. The topological polar surface area (TPSA) is 38.1 Å². The lowest BCUT2D eigenvalue weighted by Gasteiger charge is -2.39. The van der Waals surface area contributed by atoms with Crippen LogP contribution in [0, 0.1) is 11.8 Å². The Bertz CT molecular complexity index is 371. The number of aliphatic hydroxyl groups is 1. The molecule has 0 bridgehead atoms. The van der Waals surface area contributed by atoms with Crippen molar-refractivity contribution in [2.45, 2.75) is 38.7 Å². The number of aromatic nitrogens is 2. The van der Waals surface area contributed by atoms with Crippen LogP contribution in [0.4, 0.5) is 0 Å². The van der Waals surface area contributed by atoms with Gasteiger partial charge in [0.25, 0.3) is 0 Å². The zero-order chi connectivity index (χ0) is 11.9. The second kappa shape index (κ2) is 4.15. The summed E-state index contributed by atoms with van der Waals surface area (Å²) in [5.41, 5.74) is 0.210. The highest BCUT2D eigenvalue weighted by Crippen LogP contribution is 2.44. The van der Waals surface area contributed by atoms with Crippen molar-refractivity contribution in [1.82, 2.24) is 9.78 Å². The van der Waals surface area contributed by atoms with Gasteiger partial charge >= 0.3 is 0 Å². The summed E-state index contributed by atoms with van der Waals surface area (Å²) in [7, 11) is 1.89. The van der Waals surface area contributed by atoms with Crippen LogP contribution < -0.4 is 0 Å². The first kappa shape index (κ1) is 12.1. The van der Waals surface area contributed by atoms with E-state index in [-0.39, 0.29) is 0 Å². The molecule has 0 aliphatic heterocycles. The fourth-order valence-electron chi connectivity index (χ4n) is 2.74. The highest BCUT2D eigenvalue weighted by molar-refractivity contribution is 9.10. The molecule has 1 aliphatic carbocycles. The molecule has 0 spiro atoms. The maximum atomic E-state index is 10.8. The van der Waals surface area contributed by atoms with Crippen molar-refractivity contribution in [2.24, 2.45) is 18.9 Å². The Morgan fingerprint density at radius 1 is 1.50 bits per heavy atom. The van der Waals surface area contributed by atoms with Gasteiger partial charge in [-0.1, -0.05) is 13.8 Å². The molecule has 1 aromatic rings. The Morgan fingerprint density at radius 2 is 2.19 bits per heavy atom. The molecule has 3 atom stereocenters. The fourth-order valence-corrected chi connectivity index (χ4v) is 3.45. The average Bonchev–Trinajstić information content (AvgIpc) is 2.54. The first-order valence-electron chi connectivity index (χ1n) is 5.84. The minimum absolute atomic E-state index is 0.556. The van der Waals surface area contributed by atoms with Crippen molar-refractivity contribution in [3.8, 4) is 0 Å². The van der Waals surface area contributed by atoms with Crippen molar-refractivity contribution in [2.75, 3.05) is 0 Å². The van der Waals surface area contributed by atoms with Crippen molar-refractivity contribution < 1.29 is 5.11 Å². The summed E-state index contributed by atoms with van der Waals surface area (Å²) in [6.45, 7) is 4.49. The van der Waals surface area contributed by atoms with Crippen LogP contribution in [0.3, 0.4) is 0 Å². The van der Waals surface area contributed by atoms with Crippen molar-refractivity contribution in [3.63, 3.8) is 0 Å². The molecule has 90 valence electrons. The summed E-state index contributed by atoms with van der Waals surface area (Å²) in [6, 6.07) is 0. The van der Waals surface area contributed by atoms with Gasteiger partial charge in [0.2, 0.25) is 0 Å². The second-order valence-electron chi connectivity index (χ2n) is 5.19. The third-order valence-electron chi connectivity index (χ3n) is 3.98. The molecule has 1 saturated carbocycles.